The fraction of sp³-hybridized carbons (Fsp3) is 0.586. The Morgan fingerprint density at radius 3 is 2.79 bits per heavy atom. The highest BCUT2D eigenvalue weighted by Crippen LogP contribution is 2.29. The second kappa shape index (κ2) is 11.6. The van der Waals surface area contributed by atoms with Gasteiger partial charge in [-0.15, -0.1) is 0 Å². The number of imidazole rings is 1. The van der Waals surface area contributed by atoms with Crippen LogP contribution in [-0.2, 0) is 24.3 Å². The van der Waals surface area contributed by atoms with Gasteiger partial charge in [0, 0.05) is 44.2 Å². The number of likely N-dealkylation sites (tertiary alicyclic amines) is 1. The van der Waals surface area contributed by atoms with Crippen molar-refractivity contribution in [1.29, 1.82) is 0 Å². The molecule has 0 aliphatic carbocycles. The molecule has 1 N–H and O–H groups in total. The number of hydrogen-bond donors (Lipinski definition) is 1. The molecule has 2 saturated heterocycles. The zero-order chi connectivity index (χ0) is 25.9. The van der Waals surface area contributed by atoms with E-state index in [9.17, 15) is 4.79 Å². The number of carbonyl (C=O) groups excluding carboxylic acids is 1. The molecule has 3 aliphatic heterocycles. The Hall–Kier alpha value is -2.71. The first kappa shape index (κ1) is 25.6. The number of fused-ring (bicyclic) bond motifs is 3. The second-order valence-corrected chi connectivity index (χ2v) is 11.7. The standard InChI is InChI=1S/C29H38ClN7O/c30-24-8-4-6-22(16-24)18-35-14-10-21(11-15-35)17-31-29(38)23-7-5-12-36(19-23)27-26-28(33-20-32-27)37-13-3-1-2-9-25(37)34-26/h4,6,8,16,20-21,23H,1-3,5,7,9-15,17-19H2,(H,31,38)/t23-/m1/s1. The number of carbonyl (C=O) groups is 1. The number of hydrogen-bond acceptors (Lipinski definition) is 6. The molecule has 0 saturated carbocycles. The van der Waals surface area contributed by atoms with Crippen LogP contribution in [0.2, 0.25) is 5.02 Å². The molecule has 2 aromatic heterocycles. The molecule has 0 bridgehead atoms. The normalized spacial score (nSPS) is 21.3. The Balaban J connectivity index is 1.02. The predicted molar refractivity (Wildman–Crippen MR) is 150 cm³/mol. The van der Waals surface area contributed by atoms with Crippen molar-refractivity contribution >= 4 is 34.5 Å². The monoisotopic (exact) mass is 535 g/mol. The van der Waals surface area contributed by atoms with E-state index in [-0.39, 0.29) is 11.8 Å². The van der Waals surface area contributed by atoms with Gasteiger partial charge in [-0.25, -0.2) is 15.0 Å². The van der Waals surface area contributed by atoms with Crippen LogP contribution in [0.5, 0.6) is 0 Å². The van der Waals surface area contributed by atoms with Gasteiger partial charge in [-0.2, -0.15) is 0 Å². The van der Waals surface area contributed by atoms with Gasteiger partial charge in [0.05, 0.1) is 5.92 Å². The van der Waals surface area contributed by atoms with Gasteiger partial charge in [-0.05, 0) is 75.2 Å². The molecule has 6 rings (SSSR count). The van der Waals surface area contributed by atoms with Crippen LogP contribution >= 0.6 is 11.6 Å². The van der Waals surface area contributed by atoms with Gasteiger partial charge < -0.3 is 14.8 Å². The number of anilines is 1. The number of amides is 1. The van der Waals surface area contributed by atoms with Gasteiger partial charge in [0.25, 0.3) is 0 Å². The van der Waals surface area contributed by atoms with E-state index >= 15 is 0 Å². The summed E-state index contributed by atoms with van der Waals surface area (Å²) in [6.07, 6.45) is 10.4. The van der Waals surface area contributed by atoms with Crippen molar-refractivity contribution in [2.24, 2.45) is 11.8 Å². The summed E-state index contributed by atoms with van der Waals surface area (Å²) in [5, 5.41) is 4.09. The summed E-state index contributed by atoms with van der Waals surface area (Å²) in [6, 6.07) is 8.13. The Bertz CT molecular complexity index is 1270. The van der Waals surface area contributed by atoms with Crippen LogP contribution < -0.4 is 10.2 Å². The van der Waals surface area contributed by atoms with E-state index in [0.29, 0.717) is 12.5 Å². The lowest BCUT2D eigenvalue weighted by Gasteiger charge is -2.34. The maximum Gasteiger partial charge on any atom is 0.224 e. The Kier molecular flexibility index (Phi) is 7.79. The molecule has 0 spiro atoms. The molecule has 1 aromatic carbocycles. The number of aryl methyl sites for hydroxylation is 2. The summed E-state index contributed by atoms with van der Waals surface area (Å²) in [5.41, 5.74) is 3.11. The average molecular weight is 536 g/mol. The number of piperidine rings is 2. The summed E-state index contributed by atoms with van der Waals surface area (Å²) >= 11 is 6.14. The van der Waals surface area contributed by atoms with Crippen molar-refractivity contribution in [1.82, 2.24) is 29.7 Å². The van der Waals surface area contributed by atoms with Crippen molar-refractivity contribution < 1.29 is 4.79 Å². The highest BCUT2D eigenvalue weighted by atomic mass is 35.5. The second-order valence-electron chi connectivity index (χ2n) is 11.2. The fourth-order valence-corrected chi connectivity index (χ4v) is 6.58. The highest BCUT2D eigenvalue weighted by Gasteiger charge is 2.30. The van der Waals surface area contributed by atoms with E-state index in [1.165, 1.54) is 24.8 Å². The molecule has 3 aromatic rings. The van der Waals surface area contributed by atoms with Gasteiger partial charge in [-0.3, -0.25) is 9.69 Å². The van der Waals surface area contributed by atoms with Crippen molar-refractivity contribution in [3.63, 3.8) is 0 Å². The molecule has 3 aliphatic rings. The van der Waals surface area contributed by atoms with E-state index in [4.69, 9.17) is 16.6 Å². The fourth-order valence-electron chi connectivity index (χ4n) is 6.37. The lowest BCUT2D eigenvalue weighted by Crippen LogP contribution is -2.45. The molecular formula is C29H38ClN7O. The minimum Gasteiger partial charge on any atom is -0.356 e. The summed E-state index contributed by atoms with van der Waals surface area (Å²) in [4.78, 5) is 32.2. The molecule has 202 valence electrons. The number of aromatic nitrogens is 4. The van der Waals surface area contributed by atoms with Crippen LogP contribution in [0.25, 0.3) is 11.2 Å². The zero-order valence-electron chi connectivity index (χ0n) is 22.1. The van der Waals surface area contributed by atoms with Gasteiger partial charge >= 0.3 is 0 Å². The van der Waals surface area contributed by atoms with Crippen LogP contribution in [0.15, 0.2) is 30.6 Å². The van der Waals surface area contributed by atoms with E-state index in [1.54, 1.807) is 6.33 Å². The van der Waals surface area contributed by atoms with Crippen LogP contribution in [0.3, 0.4) is 0 Å². The molecule has 5 heterocycles. The topological polar surface area (TPSA) is 79.2 Å². The van der Waals surface area contributed by atoms with E-state index in [1.807, 2.05) is 12.1 Å². The molecule has 9 heteroatoms. The molecule has 0 unspecified atom stereocenters. The Labute approximate surface area is 229 Å². The lowest BCUT2D eigenvalue weighted by atomic mass is 9.94. The van der Waals surface area contributed by atoms with Gasteiger partial charge in [0.15, 0.2) is 17.0 Å². The van der Waals surface area contributed by atoms with Crippen LogP contribution in [0.4, 0.5) is 5.82 Å². The highest BCUT2D eigenvalue weighted by molar-refractivity contribution is 6.30. The average Bonchev–Trinajstić information content (AvgIpc) is 3.13. The number of benzene rings is 1. The molecule has 1 atom stereocenters. The first-order valence-corrected chi connectivity index (χ1v) is 14.7. The van der Waals surface area contributed by atoms with Crippen molar-refractivity contribution in [3.05, 3.63) is 47.0 Å². The molecular weight excluding hydrogens is 498 g/mol. The minimum absolute atomic E-state index is 0.0166. The van der Waals surface area contributed by atoms with E-state index < -0.39 is 0 Å². The third-order valence-corrected chi connectivity index (χ3v) is 8.77. The number of rotatable bonds is 6. The Morgan fingerprint density at radius 2 is 1.92 bits per heavy atom. The molecule has 2 fully saturated rings. The summed E-state index contributed by atoms with van der Waals surface area (Å²) in [5.74, 6) is 2.72. The van der Waals surface area contributed by atoms with Crippen molar-refractivity contribution in [3.8, 4) is 0 Å². The lowest BCUT2D eigenvalue weighted by molar-refractivity contribution is -0.125. The third kappa shape index (κ3) is 5.66. The van der Waals surface area contributed by atoms with Gasteiger partial charge in [0.2, 0.25) is 5.91 Å². The largest absolute Gasteiger partial charge is 0.356 e. The summed E-state index contributed by atoms with van der Waals surface area (Å²) in [7, 11) is 0. The number of halogens is 1. The molecule has 8 nitrogen and oxygen atoms in total. The third-order valence-electron chi connectivity index (χ3n) is 8.53. The quantitative estimate of drug-likeness (QED) is 0.502. The van der Waals surface area contributed by atoms with Gasteiger partial charge in [0.1, 0.15) is 12.2 Å². The predicted octanol–water partition coefficient (Wildman–Crippen LogP) is 4.45. The maximum absolute atomic E-state index is 13.2. The van der Waals surface area contributed by atoms with Crippen LogP contribution in [0, 0.1) is 11.8 Å². The van der Waals surface area contributed by atoms with E-state index in [2.05, 4.69) is 41.8 Å². The minimum atomic E-state index is -0.0166. The first-order chi connectivity index (χ1) is 18.6. The number of nitrogens with one attached hydrogen (secondary N) is 1. The van der Waals surface area contributed by atoms with Crippen LogP contribution in [-0.4, -0.2) is 63.0 Å². The molecule has 38 heavy (non-hydrogen) atoms. The van der Waals surface area contributed by atoms with Crippen molar-refractivity contribution in [2.45, 2.75) is 64.5 Å². The first-order valence-electron chi connectivity index (χ1n) is 14.3. The van der Waals surface area contributed by atoms with Crippen molar-refractivity contribution in [2.75, 3.05) is 37.6 Å². The van der Waals surface area contributed by atoms with E-state index in [0.717, 1.165) is 99.2 Å². The van der Waals surface area contributed by atoms with Gasteiger partial charge in [-0.1, -0.05) is 30.2 Å². The zero-order valence-corrected chi connectivity index (χ0v) is 22.9. The smallest absolute Gasteiger partial charge is 0.224 e. The molecule has 0 radical (unpaired) electrons. The Morgan fingerprint density at radius 1 is 1.03 bits per heavy atom. The number of nitrogens with zero attached hydrogens (tertiary/aromatic N) is 6. The van der Waals surface area contributed by atoms with Crippen LogP contribution in [0.1, 0.15) is 56.3 Å². The summed E-state index contributed by atoms with van der Waals surface area (Å²) in [6.45, 7) is 6.40. The SMILES string of the molecule is O=C(NCC1CCN(Cc2cccc(Cl)c2)CC1)[C@@H]1CCCN(c2ncnc3c2nc2n3CCCCC2)C1. The maximum atomic E-state index is 13.2. The molecule has 1 amide bonds. The summed E-state index contributed by atoms with van der Waals surface area (Å²) < 4.78 is 2.28.